The van der Waals surface area contributed by atoms with Gasteiger partial charge in [-0.3, -0.25) is 0 Å². The van der Waals surface area contributed by atoms with Crippen LogP contribution in [0.25, 0.3) is 0 Å². The van der Waals surface area contributed by atoms with E-state index in [1.165, 1.54) is 19.2 Å². The lowest BCUT2D eigenvalue weighted by Crippen LogP contribution is -2.28. The molecule has 0 bridgehead atoms. The number of hydrogen-bond donors (Lipinski definition) is 2. The molecule has 0 spiro atoms. The fraction of sp³-hybridized carbons (Fsp3) is 0.125. The van der Waals surface area contributed by atoms with E-state index >= 15 is 0 Å². The van der Waals surface area contributed by atoms with Crippen LogP contribution in [0.5, 0.6) is 0 Å². The van der Waals surface area contributed by atoms with Crippen LogP contribution >= 0.6 is 0 Å². The quantitative estimate of drug-likeness (QED) is 0.853. The molecule has 0 radical (unpaired) electrons. The van der Waals surface area contributed by atoms with Gasteiger partial charge in [-0.2, -0.15) is 0 Å². The Morgan fingerprint density at radius 2 is 1.91 bits per heavy atom. The molecule has 0 atom stereocenters. The molecule has 0 aliphatic rings. The standard InChI is InChI=1S/C16H15FN2O3/c1-22-15(20)11-6-4-7-13(9-11)19-16(21)18-10-12-5-2-3-8-14(12)17/h2-9H,10H2,1H3,(H2,18,19,21). The summed E-state index contributed by atoms with van der Waals surface area (Å²) in [4.78, 5) is 23.2. The largest absolute Gasteiger partial charge is 0.465 e. The summed E-state index contributed by atoms with van der Waals surface area (Å²) < 4.78 is 18.0. The Balaban J connectivity index is 1.95. The summed E-state index contributed by atoms with van der Waals surface area (Å²) in [5.41, 5.74) is 1.16. The third-order valence-electron chi connectivity index (χ3n) is 2.94. The minimum atomic E-state index is -0.495. The van der Waals surface area contributed by atoms with E-state index in [2.05, 4.69) is 15.4 Å². The molecule has 114 valence electrons. The van der Waals surface area contributed by atoms with E-state index in [0.29, 0.717) is 16.8 Å². The number of ether oxygens (including phenoxy) is 1. The molecule has 2 amide bonds. The van der Waals surface area contributed by atoms with Crippen molar-refractivity contribution in [3.8, 4) is 0 Å². The van der Waals surface area contributed by atoms with Crippen LogP contribution in [0.2, 0.25) is 0 Å². The van der Waals surface area contributed by atoms with E-state index in [9.17, 15) is 14.0 Å². The molecule has 2 rings (SSSR count). The van der Waals surface area contributed by atoms with Gasteiger partial charge in [0.25, 0.3) is 0 Å². The zero-order valence-electron chi connectivity index (χ0n) is 11.9. The van der Waals surface area contributed by atoms with E-state index in [-0.39, 0.29) is 12.4 Å². The first-order valence-corrected chi connectivity index (χ1v) is 6.57. The molecule has 0 fully saturated rings. The molecule has 5 nitrogen and oxygen atoms in total. The summed E-state index contributed by atoms with van der Waals surface area (Å²) in [5, 5.41) is 5.12. The lowest BCUT2D eigenvalue weighted by atomic mass is 10.2. The number of esters is 1. The van der Waals surface area contributed by atoms with Gasteiger partial charge in [0.05, 0.1) is 12.7 Å². The van der Waals surface area contributed by atoms with E-state index in [1.54, 1.807) is 36.4 Å². The second-order valence-corrected chi connectivity index (χ2v) is 4.47. The molecule has 0 unspecified atom stereocenters. The number of amides is 2. The number of urea groups is 1. The number of benzene rings is 2. The number of carbonyl (C=O) groups is 2. The van der Waals surface area contributed by atoms with Gasteiger partial charge in [-0.15, -0.1) is 0 Å². The van der Waals surface area contributed by atoms with Crippen molar-refractivity contribution in [2.75, 3.05) is 12.4 Å². The Bertz CT molecular complexity index is 689. The van der Waals surface area contributed by atoms with Crippen LogP contribution in [-0.4, -0.2) is 19.1 Å². The van der Waals surface area contributed by atoms with Crippen LogP contribution < -0.4 is 10.6 Å². The van der Waals surface area contributed by atoms with E-state index in [4.69, 9.17) is 0 Å². The maximum absolute atomic E-state index is 13.4. The molecule has 2 aromatic rings. The normalized spacial score (nSPS) is 9.91. The van der Waals surface area contributed by atoms with Crippen molar-refractivity contribution in [1.82, 2.24) is 5.32 Å². The summed E-state index contributed by atoms with van der Waals surface area (Å²) in [5.74, 6) is -0.870. The Kier molecular flexibility index (Phi) is 5.08. The molecule has 0 aromatic heterocycles. The van der Waals surface area contributed by atoms with Crippen molar-refractivity contribution in [3.63, 3.8) is 0 Å². The molecule has 0 aliphatic carbocycles. The zero-order valence-corrected chi connectivity index (χ0v) is 11.9. The fourth-order valence-electron chi connectivity index (χ4n) is 1.83. The van der Waals surface area contributed by atoms with Crippen molar-refractivity contribution in [2.24, 2.45) is 0 Å². The lowest BCUT2D eigenvalue weighted by Gasteiger charge is -2.09. The third kappa shape index (κ3) is 4.05. The summed E-state index contributed by atoms with van der Waals surface area (Å²) >= 11 is 0. The van der Waals surface area contributed by atoms with E-state index < -0.39 is 12.0 Å². The molecule has 2 N–H and O–H groups in total. The number of carbonyl (C=O) groups excluding carboxylic acids is 2. The van der Waals surface area contributed by atoms with Gasteiger partial charge < -0.3 is 15.4 Å². The van der Waals surface area contributed by atoms with Crippen LogP contribution in [0.1, 0.15) is 15.9 Å². The molecule has 0 saturated carbocycles. The van der Waals surface area contributed by atoms with Gasteiger partial charge in [-0.25, -0.2) is 14.0 Å². The first kappa shape index (κ1) is 15.5. The highest BCUT2D eigenvalue weighted by molar-refractivity contribution is 5.93. The highest BCUT2D eigenvalue weighted by Crippen LogP contribution is 2.11. The predicted molar refractivity (Wildman–Crippen MR) is 80.0 cm³/mol. The summed E-state index contributed by atoms with van der Waals surface area (Å²) in [6.07, 6.45) is 0. The summed E-state index contributed by atoms with van der Waals surface area (Å²) in [7, 11) is 1.28. The minimum Gasteiger partial charge on any atom is -0.465 e. The van der Waals surface area contributed by atoms with E-state index in [0.717, 1.165) is 0 Å². The Morgan fingerprint density at radius 1 is 1.14 bits per heavy atom. The Hall–Kier alpha value is -2.89. The molecule has 6 heteroatoms. The second-order valence-electron chi connectivity index (χ2n) is 4.47. The number of halogens is 1. The maximum Gasteiger partial charge on any atom is 0.337 e. The number of nitrogens with one attached hydrogen (secondary N) is 2. The van der Waals surface area contributed by atoms with Gasteiger partial charge in [-0.05, 0) is 24.3 Å². The summed E-state index contributed by atoms with van der Waals surface area (Å²) in [6, 6.07) is 12.0. The highest BCUT2D eigenvalue weighted by atomic mass is 19.1. The van der Waals surface area contributed by atoms with Crippen LogP contribution in [-0.2, 0) is 11.3 Å². The van der Waals surface area contributed by atoms with Crippen molar-refractivity contribution in [2.45, 2.75) is 6.54 Å². The van der Waals surface area contributed by atoms with Gasteiger partial charge in [0.1, 0.15) is 5.82 Å². The predicted octanol–water partition coefficient (Wildman–Crippen LogP) is 2.93. The first-order valence-electron chi connectivity index (χ1n) is 6.57. The molecule has 22 heavy (non-hydrogen) atoms. The number of rotatable bonds is 4. The monoisotopic (exact) mass is 302 g/mol. The van der Waals surface area contributed by atoms with Crippen LogP contribution in [0.3, 0.4) is 0 Å². The van der Waals surface area contributed by atoms with Gasteiger partial charge in [0, 0.05) is 17.8 Å². The SMILES string of the molecule is COC(=O)c1cccc(NC(=O)NCc2ccccc2F)c1. The van der Waals surface area contributed by atoms with Crippen molar-refractivity contribution in [3.05, 3.63) is 65.5 Å². The topological polar surface area (TPSA) is 67.4 Å². The molecule has 0 heterocycles. The molecule has 0 saturated heterocycles. The highest BCUT2D eigenvalue weighted by Gasteiger charge is 2.08. The maximum atomic E-state index is 13.4. The average Bonchev–Trinajstić information content (AvgIpc) is 2.53. The van der Waals surface area contributed by atoms with Gasteiger partial charge in [0.15, 0.2) is 0 Å². The van der Waals surface area contributed by atoms with Crippen LogP contribution in [0.4, 0.5) is 14.9 Å². The lowest BCUT2D eigenvalue weighted by molar-refractivity contribution is 0.0600. The molecular formula is C16H15FN2O3. The fourth-order valence-corrected chi connectivity index (χ4v) is 1.83. The van der Waals surface area contributed by atoms with Crippen molar-refractivity contribution in [1.29, 1.82) is 0 Å². The van der Waals surface area contributed by atoms with Crippen molar-refractivity contribution < 1.29 is 18.7 Å². The Labute approximate surface area is 127 Å². The van der Waals surface area contributed by atoms with E-state index in [1.807, 2.05) is 0 Å². The Morgan fingerprint density at radius 3 is 2.64 bits per heavy atom. The molecule has 0 aliphatic heterocycles. The zero-order chi connectivity index (χ0) is 15.9. The van der Waals surface area contributed by atoms with Gasteiger partial charge >= 0.3 is 12.0 Å². The van der Waals surface area contributed by atoms with Crippen LogP contribution in [0.15, 0.2) is 48.5 Å². The van der Waals surface area contributed by atoms with Crippen molar-refractivity contribution >= 4 is 17.7 Å². The summed E-state index contributed by atoms with van der Waals surface area (Å²) in [6.45, 7) is 0.0647. The van der Waals surface area contributed by atoms with Gasteiger partial charge in [-0.1, -0.05) is 24.3 Å². The third-order valence-corrected chi connectivity index (χ3v) is 2.94. The molecule has 2 aromatic carbocycles. The van der Waals surface area contributed by atoms with Gasteiger partial charge in [0.2, 0.25) is 0 Å². The smallest absolute Gasteiger partial charge is 0.337 e. The second kappa shape index (κ2) is 7.21. The first-order chi connectivity index (χ1) is 10.6. The van der Waals surface area contributed by atoms with Crippen LogP contribution in [0, 0.1) is 5.82 Å². The number of hydrogen-bond acceptors (Lipinski definition) is 3. The molecular weight excluding hydrogens is 287 g/mol. The minimum absolute atomic E-state index is 0.0647. The average molecular weight is 302 g/mol. The number of methoxy groups -OCH3 is 1. The number of anilines is 1.